The second-order valence-electron chi connectivity index (χ2n) is 3.59. The molecular formula is C10H11N3O4S2. The molecule has 102 valence electrons. The molecule has 2 rings (SSSR count). The molecule has 0 aliphatic rings. The summed E-state index contributed by atoms with van der Waals surface area (Å²) in [6.07, 6.45) is 3.30. The van der Waals surface area contributed by atoms with Crippen molar-refractivity contribution in [1.82, 2.24) is 14.5 Å². The summed E-state index contributed by atoms with van der Waals surface area (Å²) in [4.78, 5) is 10.5. The molecule has 2 heterocycles. The number of nitrogens with one attached hydrogen (secondary N) is 1. The van der Waals surface area contributed by atoms with E-state index in [9.17, 15) is 13.2 Å². The summed E-state index contributed by atoms with van der Waals surface area (Å²) in [5.74, 6) is -1.25. The van der Waals surface area contributed by atoms with Gasteiger partial charge in [0.2, 0.25) is 10.0 Å². The molecule has 0 saturated heterocycles. The van der Waals surface area contributed by atoms with Crippen LogP contribution in [0.1, 0.15) is 9.67 Å². The normalized spacial score (nSPS) is 11.6. The predicted molar refractivity (Wildman–Crippen MR) is 68.7 cm³/mol. The van der Waals surface area contributed by atoms with Crippen LogP contribution >= 0.6 is 11.3 Å². The zero-order valence-electron chi connectivity index (χ0n) is 9.68. The lowest BCUT2D eigenvalue weighted by Crippen LogP contribution is -2.28. The van der Waals surface area contributed by atoms with Crippen molar-refractivity contribution >= 4 is 27.3 Å². The van der Waals surface area contributed by atoms with Crippen molar-refractivity contribution in [1.29, 1.82) is 0 Å². The maximum Gasteiger partial charge on any atom is 0.347 e. The molecule has 0 unspecified atom stereocenters. The molecule has 0 aliphatic carbocycles. The van der Waals surface area contributed by atoms with E-state index in [2.05, 4.69) is 9.82 Å². The molecule has 7 nitrogen and oxygen atoms in total. The second kappa shape index (κ2) is 5.51. The highest BCUT2D eigenvalue weighted by molar-refractivity contribution is 7.89. The molecule has 0 atom stereocenters. The van der Waals surface area contributed by atoms with Crippen molar-refractivity contribution in [3.63, 3.8) is 0 Å². The van der Waals surface area contributed by atoms with Crippen molar-refractivity contribution < 1.29 is 18.3 Å². The van der Waals surface area contributed by atoms with Gasteiger partial charge in [-0.2, -0.15) is 5.10 Å². The Hall–Kier alpha value is -1.71. The molecule has 2 N–H and O–H groups in total. The molecule has 0 bridgehead atoms. The number of carboxylic acids is 1. The lowest BCUT2D eigenvalue weighted by atomic mass is 10.5. The van der Waals surface area contributed by atoms with Crippen molar-refractivity contribution in [3.8, 4) is 0 Å². The van der Waals surface area contributed by atoms with E-state index in [1.807, 2.05) is 0 Å². The number of hydrogen-bond donors (Lipinski definition) is 2. The lowest BCUT2D eigenvalue weighted by molar-refractivity contribution is 0.0698. The first-order valence-corrected chi connectivity index (χ1v) is 7.65. The Balaban J connectivity index is 2.06. The SMILES string of the molecule is O=C(O)c1sccc1S(=O)(=O)NCCn1cccn1. The van der Waals surface area contributed by atoms with Gasteiger partial charge in [0.1, 0.15) is 9.77 Å². The van der Waals surface area contributed by atoms with E-state index < -0.39 is 16.0 Å². The number of hydrogen-bond acceptors (Lipinski definition) is 5. The Morgan fingerprint density at radius 1 is 1.53 bits per heavy atom. The van der Waals surface area contributed by atoms with Crippen LogP contribution in [0.25, 0.3) is 0 Å². The molecule has 0 spiro atoms. The minimum atomic E-state index is -3.81. The maximum atomic E-state index is 11.9. The quantitative estimate of drug-likeness (QED) is 0.814. The van der Waals surface area contributed by atoms with Crippen molar-refractivity contribution in [2.24, 2.45) is 0 Å². The summed E-state index contributed by atoms with van der Waals surface area (Å²) < 4.78 is 27.8. The first-order chi connectivity index (χ1) is 9.00. The third kappa shape index (κ3) is 3.19. The van der Waals surface area contributed by atoms with Gasteiger partial charge in [0, 0.05) is 18.9 Å². The van der Waals surface area contributed by atoms with Gasteiger partial charge in [0.25, 0.3) is 0 Å². The van der Waals surface area contributed by atoms with Gasteiger partial charge < -0.3 is 5.11 Å². The highest BCUT2D eigenvalue weighted by Gasteiger charge is 2.23. The third-order valence-corrected chi connectivity index (χ3v) is 4.84. The maximum absolute atomic E-state index is 11.9. The van der Waals surface area contributed by atoms with E-state index in [1.54, 1.807) is 23.1 Å². The van der Waals surface area contributed by atoms with Crippen LogP contribution in [0, 0.1) is 0 Å². The summed E-state index contributed by atoms with van der Waals surface area (Å²) in [6.45, 7) is 0.512. The Labute approximate surface area is 113 Å². The summed E-state index contributed by atoms with van der Waals surface area (Å²) in [7, 11) is -3.81. The summed E-state index contributed by atoms with van der Waals surface area (Å²) in [6, 6.07) is 3.01. The standard InChI is InChI=1S/C10H11N3O4S2/c14-10(15)9-8(2-7-18-9)19(16,17)12-4-6-13-5-1-3-11-13/h1-3,5,7,12H,4,6H2,(H,14,15). The molecule has 0 radical (unpaired) electrons. The van der Waals surface area contributed by atoms with Gasteiger partial charge in [-0.25, -0.2) is 17.9 Å². The first kappa shape index (κ1) is 13.7. The zero-order valence-corrected chi connectivity index (χ0v) is 11.3. The number of sulfonamides is 1. The molecule has 2 aromatic heterocycles. The van der Waals surface area contributed by atoms with E-state index in [0.29, 0.717) is 6.54 Å². The van der Waals surface area contributed by atoms with Gasteiger partial charge in [0.05, 0.1) is 6.54 Å². The highest BCUT2D eigenvalue weighted by atomic mass is 32.2. The van der Waals surface area contributed by atoms with E-state index in [0.717, 1.165) is 11.3 Å². The van der Waals surface area contributed by atoms with E-state index >= 15 is 0 Å². The number of nitrogens with zero attached hydrogens (tertiary/aromatic N) is 2. The number of aromatic carboxylic acids is 1. The number of aromatic nitrogens is 2. The zero-order chi connectivity index (χ0) is 13.9. The molecule has 9 heteroatoms. The highest BCUT2D eigenvalue weighted by Crippen LogP contribution is 2.21. The monoisotopic (exact) mass is 301 g/mol. The van der Waals surface area contributed by atoms with Crippen molar-refractivity contribution in [3.05, 3.63) is 34.8 Å². The van der Waals surface area contributed by atoms with Gasteiger partial charge in [0.15, 0.2) is 0 Å². The van der Waals surface area contributed by atoms with Gasteiger partial charge in [-0.1, -0.05) is 0 Å². The van der Waals surface area contributed by atoms with Gasteiger partial charge in [-0.05, 0) is 17.5 Å². The summed E-state index contributed by atoms with van der Waals surface area (Å²) in [5, 5.41) is 14.3. The Morgan fingerprint density at radius 3 is 2.95 bits per heavy atom. The van der Waals surface area contributed by atoms with Crippen LogP contribution < -0.4 is 4.72 Å². The van der Waals surface area contributed by atoms with Crippen LogP contribution in [0.5, 0.6) is 0 Å². The molecule has 0 amide bonds. The number of carbonyl (C=O) groups is 1. The lowest BCUT2D eigenvalue weighted by Gasteiger charge is -2.06. The minimum absolute atomic E-state index is 0.138. The van der Waals surface area contributed by atoms with Crippen LogP contribution in [0.2, 0.25) is 0 Å². The average molecular weight is 301 g/mol. The van der Waals surface area contributed by atoms with E-state index in [4.69, 9.17) is 5.11 Å². The van der Waals surface area contributed by atoms with E-state index in [1.165, 1.54) is 11.4 Å². The number of thiophene rings is 1. The first-order valence-electron chi connectivity index (χ1n) is 5.28. The fraction of sp³-hybridized carbons (Fsp3) is 0.200. The smallest absolute Gasteiger partial charge is 0.347 e. The minimum Gasteiger partial charge on any atom is -0.477 e. The van der Waals surface area contributed by atoms with E-state index in [-0.39, 0.29) is 16.3 Å². The van der Waals surface area contributed by atoms with Gasteiger partial charge in [-0.15, -0.1) is 11.3 Å². The topological polar surface area (TPSA) is 101 Å². The van der Waals surface area contributed by atoms with Gasteiger partial charge in [-0.3, -0.25) is 4.68 Å². The van der Waals surface area contributed by atoms with Crippen molar-refractivity contribution in [2.75, 3.05) is 6.54 Å². The molecule has 0 fully saturated rings. The molecule has 0 aliphatic heterocycles. The van der Waals surface area contributed by atoms with Gasteiger partial charge >= 0.3 is 5.97 Å². The van der Waals surface area contributed by atoms with Crippen LogP contribution in [0.4, 0.5) is 0 Å². The molecule has 0 saturated carbocycles. The fourth-order valence-corrected chi connectivity index (χ4v) is 3.75. The second-order valence-corrected chi connectivity index (χ2v) is 6.24. The van der Waals surface area contributed by atoms with Crippen molar-refractivity contribution in [2.45, 2.75) is 11.4 Å². The summed E-state index contributed by atoms with van der Waals surface area (Å²) in [5.41, 5.74) is 0. The largest absolute Gasteiger partial charge is 0.477 e. The predicted octanol–water partition coefficient (Wildman–Crippen LogP) is 0.621. The molecule has 19 heavy (non-hydrogen) atoms. The van der Waals surface area contributed by atoms with Crippen LogP contribution in [0.15, 0.2) is 34.8 Å². The molecule has 2 aromatic rings. The van der Waals surface area contributed by atoms with Crippen LogP contribution in [-0.2, 0) is 16.6 Å². The fourth-order valence-electron chi connectivity index (χ4n) is 1.47. The average Bonchev–Trinajstić information content (AvgIpc) is 2.99. The number of carboxylic acid groups (broad SMARTS) is 1. The molecular weight excluding hydrogens is 290 g/mol. The number of rotatable bonds is 6. The van der Waals surface area contributed by atoms with Crippen LogP contribution in [-0.4, -0.2) is 35.8 Å². The summed E-state index contributed by atoms with van der Waals surface area (Å²) >= 11 is 0.879. The molecule has 0 aromatic carbocycles. The Bertz CT molecular complexity index is 661. The van der Waals surface area contributed by atoms with Crippen LogP contribution in [0.3, 0.4) is 0 Å². The Kier molecular flexibility index (Phi) is 3.98. The Morgan fingerprint density at radius 2 is 2.32 bits per heavy atom. The third-order valence-electron chi connectivity index (χ3n) is 2.31.